The Bertz CT molecular complexity index is 1190. The van der Waals surface area contributed by atoms with Crippen LogP contribution in [0.5, 0.6) is 0 Å². The zero-order valence-corrected chi connectivity index (χ0v) is 17.4. The van der Waals surface area contributed by atoms with Gasteiger partial charge < -0.3 is 10.3 Å². The van der Waals surface area contributed by atoms with Gasteiger partial charge >= 0.3 is 0 Å². The van der Waals surface area contributed by atoms with Gasteiger partial charge in [0.15, 0.2) is 9.84 Å². The van der Waals surface area contributed by atoms with E-state index in [-0.39, 0.29) is 22.8 Å². The third kappa shape index (κ3) is 3.74. The predicted octanol–water partition coefficient (Wildman–Crippen LogP) is 2.90. The van der Waals surface area contributed by atoms with Crippen molar-refractivity contribution in [3.63, 3.8) is 0 Å². The highest BCUT2D eigenvalue weighted by Crippen LogP contribution is 2.38. The summed E-state index contributed by atoms with van der Waals surface area (Å²) in [6.07, 6.45) is 6.69. The summed E-state index contributed by atoms with van der Waals surface area (Å²) in [7, 11) is -3.25. The van der Waals surface area contributed by atoms with Crippen LogP contribution in [0.3, 0.4) is 0 Å². The molecule has 1 aliphatic heterocycles. The molecule has 0 spiro atoms. The van der Waals surface area contributed by atoms with Crippen molar-refractivity contribution in [1.82, 2.24) is 10.3 Å². The number of hydrogen-bond donors (Lipinski definition) is 2. The molecule has 3 aliphatic rings. The molecule has 0 unspecified atom stereocenters. The number of hydrogen-bond acceptors (Lipinski definition) is 4. The maximum atomic E-state index is 12.6. The molecule has 7 heteroatoms. The lowest BCUT2D eigenvalue weighted by Gasteiger charge is -2.13. The monoisotopic (exact) mass is 424 g/mol. The second-order valence-corrected chi connectivity index (χ2v) is 10.7. The number of aromatic amines is 1. The van der Waals surface area contributed by atoms with Gasteiger partial charge in [0.2, 0.25) is 5.91 Å². The molecule has 156 valence electrons. The first-order valence-electron chi connectivity index (χ1n) is 10.5. The normalized spacial score (nSPS) is 22.2. The maximum Gasteiger partial charge on any atom is 0.251 e. The molecule has 6 nitrogen and oxygen atoms in total. The van der Waals surface area contributed by atoms with Crippen LogP contribution in [0.1, 0.15) is 61.3 Å². The maximum absolute atomic E-state index is 12.6. The smallest absolute Gasteiger partial charge is 0.251 e. The average Bonchev–Trinajstić information content (AvgIpc) is 3.64. The fourth-order valence-corrected chi connectivity index (χ4v) is 5.72. The standard InChI is InChI=1S/C23H24N2O4S/c26-22-12-5-16(24-22)13-20(21-11-10-19(14-1-2-14)23(27)25-21)15-3-6-17(7-4-15)30(28,29)18-8-9-18/h3-4,6-7,10-11,13-14,16,18H,1-2,5,8-9,12H2,(H,24,26)(H,25,27)/b20-13-/t16-/m1/s1. The van der Waals surface area contributed by atoms with Crippen LogP contribution in [0, 0.1) is 0 Å². The summed E-state index contributed by atoms with van der Waals surface area (Å²) in [6.45, 7) is 0. The largest absolute Gasteiger partial charge is 0.350 e. The molecular weight excluding hydrogens is 400 g/mol. The van der Waals surface area contributed by atoms with E-state index < -0.39 is 9.84 Å². The van der Waals surface area contributed by atoms with E-state index in [9.17, 15) is 18.0 Å². The number of pyridine rings is 1. The highest BCUT2D eigenvalue weighted by molar-refractivity contribution is 7.92. The predicted molar refractivity (Wildman–Crippen MR) is 114 cm³/mol. The van der Waals surface area contributed by atoms with E-state index in [1.807, 2.05) is 18.2 Å². The minimum absolute atomic E-state index is 0.0130. The number of carbonyl (C=O) groups is 1. The zero-order valence-electron chi connectivity index (χ0n) is 16.6. The molecular formula is C23H24N2O4S. The van der Waals surface area contributed by atoms with Gasteiger partial charge in [0.05, 0.1) is 10.1 Å². The van der Waals surface area contributed by atoms with Crippen molar-refractivity contribution in [2.45, 2.75) is 60.6 Å². The van der Waals surface area contributed by atoms with E-state index in [2.05, 4.69) is 10.3 Å². The summed E-state index contributed by atoms with van der Waals surface area (Å²) in [6, 6.07) is 10.5. The zero-order chi connectivity index (χ0) is 20.9. The first-order valence-corrected chi connectivity index (χ1v) is 12.1. The van der Waals surface area contributed by atoms with Crippen molar-refractivity contribution < 1.29 is 13.2 Å². The van der Waals surface area contributed by atoms with Gasteiger partial charge in [0.1, 0.15) is 0 Å². The topological polar surface area (TPSA) is 96.1 Å². The molecule has 3 fully saturated rings. The van der Waals surface area contributed by atoms with Crippen molar-refractivity contribution in [2.75, 3.05) is 0 Å². The molecule has 0 bridgehead atoms. The van der Waals surface area contributed by atoms with Crippen LogP contribution in [0.25, 0.3) is 5.57 Å². The van der Waals surface area contributed by atoms with E-state index in [0.29, 0.717) is 29.3 Å². The molecule has 2 heterocycles. The first-order chi connectivity index (χ1) is 14.4. The Morgan fingerprint density at radius 1 is 0.933 bits per heavy atom. The Morgan fingerprint density at radius 3 is 2.23 bits per heavy atom. The van der Waals surface area contributed by atoms with Gasteiger partial charge in [-0.15, -0.1) is 0 Å². The van der Waals surface area contributed by atoms with Gasteiger partial charge in [-0.2, -0.15) is 0 Å². The fourth-order valence-electron chi connectivity index (χ4n) is 4.06. The van der Waals surface area contributed by atoms with Gasteiger partial charge in [-0.05, 0) is 61.8 Å². The van der Waals surface area contributed by atoms with E-state index in [1.165, 1.54) is 0 Å². The van der Waals surface area contributed by atoms with Gasteiger partial charge in [0, 0.05) is 29.3 Å². The lowest BCUT2D eigenvalue weighted by Crippen LogP contribution is -2.23. The summed E-state index contributed by atoms with van der Waals surface area (Å²) in [5.74, 6) is 0.371. The van der Waals surface area contributed by atoms with Crippen LogP contribution in [-0.4, -0.2) is 30.6 Å². The number of aromatic nitrogens is 1. The van der Waals surface area contributed by atoms with Gasteiger partial charge in [0.25, 0.3) is 5.56 Å². The van der Waals surface area contributed by atoms with Gasteiger partial charge in [-0.3, -0.25) is 9.59 Å². The third-order valence-corrected chi connectivity index (χ3v) is 8.38. The number of sulfone groups is 1. The molecule has 0 radical (unpaired) electrons. The minimum atomic E-state index is -3.25. The Morgan fingerprint density at radius 2 is 1.67 bits per heavy atom. The van der Waals surface area contributed by atoms with Crippen molar-refractivity contribution in [3.8, 4) is 0 Å². The second kappa shape index (κ2) is 7.23. The van der Waals surface area contributed by atoms with Crippen LogP contribution < -0.4 is 10.9 Å². The number of nitrogens with one attached hydrogen (secondary N) is 2. The molecule has 1 aromatic heterocycles. The molecule has 1 saturated heterocycles. The Balaban J connectivity index is 1.53. The number of H-pyrrole nitrogens is 1. The van der Waals surface area contributed by atoms with E-state index in [0.717, 1.165) is 42.4 Å². The SMILES string of the molecule is O=C1CC[C@H](/C=C(/c2ccc(S(=O)(=O)C3CC3)cc2)c2ccc(C3CC3)c(=O)[nH]2)N1. The molecule has 2 N–H and O–H groups in total. The quantitative estimate of drug-likeness (QED) is 0.745. The average molecular weight is 425 g/mol. The highest BCUT2D eigenvalue weighted by atomic mass is 32.2. The van der Waals surface area contributed by atoms with E-state index in [4.69, 9.17) is 0 Å². The number of rotatable bonds is 6. The minimum Gasteiger partial charge on any atom is -0.350 e. The second-order valence-electron chi connectivity index (χ2n) is 8.49. The molecule has 30 heavy (non-hydrogen) atoms. The number of carbonyl (C=O) groups excluding carboxylic acids is 1. The van der Waals surface area contributed by atoms with Crippen LogP contribution in [-0.2, 0) is 14.6 Å². The molecule has 5 rings (SSSR count). The van der Waals surface area contributed by atoms with E-state index >= 15 is 0 Å². The van der Waals surface area contributed by atoms with Gasteiger partial charge in [-0.25, -0.2) is 8.42 Å². The molecule has 1 aromatic carbocycles. The molecule has 1 atom stereocenters. The van der Waals surface area contributed by atoms with E-state index in [1.54, 1.807) is 24.3 Å². The fraction of sp³-hybridized carbons (Fsp3) is 0.391. The lowest BCUT2D eigenvalue weighted by molar-refractivity contribution is -0.119. The Labute approximate surface area is 175 Å². The number of amides is 1. The first kappa shape index (κ1) is 19.3. The summed E-state index contributed by atoms with van der Waals surface area (Å²) in [4.78, 5) is 27.6. The van der Waals surface area contributed by atoms with Crippen molar-refractivity contribution >= 4 is 21.3 Å². The van der Waals surface area contributed by atoms with Crippen LogP contribution in [0.2, 0.25) is 0 Å². The summed E-state index contributed by atoms with van der Waals surface area (Å²) < 4.78 is 25.0. The Hall–Kier alpha value is -2.67. The van der Waals surface area contributed by atoms with Crippen molar-refractivity contribution in [3.05, 3.63) is 69.6 Å². The molecule has 2 aliphatic carbocycles. The molecule has 1 amide bonds. The van der Waals surface area contributed by atoms with Crippen molar-refractivity contribution in [2.24, 2.45) is 0 Å². The summed E-state index contributed by atoms with van der Waals surface area (Å²) in [5.41, 5.74) is 3.00. The molecule has 2 aromatic rings. The summed E-state index contributed by atoms with van der Waals surface area (Å²) in [5, 5.41) is 2.68. The van der Waals surface area contributed by atoms with Crippen LogP contribution in [0.15, 0.2) is 52.2 Å². The lowest BCUT2D eigenvalue weighted by atomic mass is 9.98. The Kier molecular flexibility index (Phi) is 4.65. The number of benzene rings is 1. The van der Waals surface area contributed by atoms with Gasteiger partial charge in [-0.1, -0.05) is 24.3 Å². The van der Waals surface area contributed by atoms with Crippen LogP contribution in [0.4, 0.5) is 0 Å². The summed E-state index contributed by atoms with van der Waals surface area (Å²) >= 11 is 0. The third-order valence-electron chi connectivity index (χ3n) is 6.10. The highest BCUT2D eigenvalue weighted by Gasteiger charge is 2.36. The van der Waals surface area contributed by atoms with Crippen molar-refractivity contribution in [1.29, 1.82) is 0 Å². The van der Waals surface area contributed by atoms with Crippen LogP contribution >= 0.6 is 0 Å². The molecule has 2 saturated carbocycles.